The number of amides is 4. The Hall–Kier alpha value is -5.11. The minimum absolute atomic E-state index is 0.0721. The molecule has 358 valence electrons. The zero-order valence-corrected chi connectivity index (χ0v) is 40.8. The lowest BCUT2D eigenvalue weighted by Gasteiger charge is -2.33. The van der Waals surface area contributed by atoms with E-state index < -0.39 is 44.8 Å². The molecule has 1 aromatic heterocycles. The van der Waals surface area contributed by atoms with E-state index in [2.05, 4.69) is 49.9 Å². The standard InChI is InChI=1S/C48H58ClN7O9S2/c1-29(2)65-39-27-34(31(5)26-37(39)52-48-50-28-35(49)44(54-48)51-36-11-6-7-13-41(36)67(61,62)30(3)4)32-16-19-55(20-17-32)18-9-21-63-22-23-64-24-25-66-40-12-8-10-33-43(40)47(60)56(46(33)59)38-14-15-42(57)53-45(38)58/h6-8,10-13,26-30,32,38H,9,14-25H2,1-5H3,(H,53,57,58)(H2,50,51,52,54). The number of rotatable bonds is 21. The van der Waals surface area contributed by atoms with Crippen molar-refractivity contribution in [3.8, 4) is 5.75 Å². The number of anilines is 4. The molecule has 4 heterocycles. The van der Waals surface area contributed by atoms with E-state index in [-0.39, 0.29) is 51.8 Å². The van der Waals surface area contributed by atoms with Crippen LogP contribution in [0.1, 0.15) is 97.6 Å². The summed E-state index contributed by atoms with van der Waals surface area (Å²) in [6, 6.07) is 15.0. The molecule has 7 rings (SSSR count). The van der Waals surface area contributed by atoms with E-state index >= 15 is 0 Å². The predicted octanol–water partition coefficient (Wildman–Crippen LogP) is 7.69. The van der Waals surface area contributed by atoms with Crippen LogP contribution in [0.25, 0.3) is 0 Å². The summed E-state index contributed by atoms with van der Waals surface area (Å²) in [5.41, 5.74) is 4.01. The second kappa shape index (κ2) is 22.3. The Morgan fingerprint density at radius 3 is 2.37 bits per heavy atom. The second-order valence-electron chi connectivity index (χ2n) is 17.3. The van der Waals surface area contributed by atoms with Crippen molar-refractivity contribution in [3.05, 3.63) is 88.1 Å². The first kappa shape index (κ1) is 49.8. The van der Waals surface area contributed by atoms with Gasteiger partial charge in [0.25, 0.3) is 11.8 Å². The van der Waals surface area contributed by atoms with Crippen LogP contribution in [0.4, 0.5) is 23.1 Å². The number of carbonyl (C=O) groups is 4. The average Bonchev–Trinajstić information content (AvgIpc) is 3.55. The summed E-state index contributed by atoms with van der Waals surface area (Å²) in [7, 11) is -3.58. The summed E-state index contributed by atoms with van der Waals surface area (Å²) < 4.78 is 44.2. The van der Waals surface area contributed by atoms with Crippen LogP contribution in [-0.2, 0) is 28.9 Å². The molecule has 3 aromatic carbocycles. The van der Waals surface area contributed by atoms with E-state index in [9.17, 15) is 27.6 Å². The number of imide groups is 2. The number of nitrogens with one attached hydrogen (secondary N) is 3. The Balaban J connectivity index is 0.833. The summed E-state index contributed by atoms with van der Waals surface area (Å²) >= 11 is 7.93. The van der Waals surface area contributed by atoms with Gasteiger partial charge in [-0.15, -0.1) is 11.8 Å². The highest BCUT2D eigenvalue weighted by atomic mass is 35.5. The minimum atomic E-state index is -3.58. The maximum atomic E-state index is 13.3. The van der Waals surface area contributed by atoms with E-state index in [1.165, 1.54) is 23.5 Å². The topological polar surface area (TPSA) is 198 Å². The van der Waals surface area contributed by atoms with Crippen LogP contribution in [0.15, 0.2) is 70.6 Å². The number of nitrogens with zero attached hydrogens (tertiary/aromatic N) is 4. The van der Waals surface area contributed by atoms with Crippen molar-refractivity contribution in [2.24, 2.45) is 0 Å². The van der Waals surface area contributed by atoms with E-state index in [0.29, 0.717) is 60.1 Å². The van der Waals surface area contributed by atoms with E-state index in [1.54, 1.807) is 56.3 Å². The number of thioether (sulfide) groups is 1. The number of sulfone groups is 1. The van der Waals surface area contributed by atoms with Crippen molar-refractivity contribution < 1.29 is 41.8 Å². The molecule has 0 bridgehead atoms. The summed E-state index contributed by atoms with van der Waals surface area (Å²) in [5, 5.41) is 8.29. The molecular weight excluding hydrogens is 918 g/mol. The van der Waals surface area contributed by atoms with Gasteiger partial charge in [-0.05, 0) is 127 Å². The quantitative estimate of drug-likeness (QED) is 0.0417. The van der Waals surface area contributed by atoms with Crippen LogP contribution in [0.2, 0.25) is 5.02 Å². The molecule has 67 heavy (non-hydrogen) atoms. The fourth-order valence-electron chi connectivity index (χ4n) is 8.42. The zero-order valence-electron chi connectivity index (χ0n) is 38.4. The number of fused-ring (bicyclic) bond motifs is 1. The molecule has 4 aromatic rings. The number of benzene rings is 3. The number of halogens is 1. The van der Waals surface area contributed by atoms with Gasteiger partial charge in [-0.3, -0.25) is 29.4 Å². The summed E-state index contributed by atoms with van der Waals surface area (Å²) in [6.45, 7) is 14.2. The van der Waals surface area contributed by atoms with Gasteiger partial charge in [0, 0.05) is 30.2 Å². The molecule has 1 atom stereocenters. The number of aryl methyl sites for hydroxylation is 1. The van der Waals surface area contributed by atoms with E-state index in [4.69, 9.17) is 25.8 Å². The normalized spacial score (nSPS) is 17.1. The number of hydrogen-bond donors (Lipinski definition) is 3. The molecule has 0 saturated carbocycles. The lowest BCUT2D eigenvalue weighted by Crippen LogP contribution is -2.54. The second-order valence-corrected chi connectivity index (χ2v) is 21.3. The Morgan fingerprint density at radius 1 is 0.896 bits per heavy atom. The lowest BCUT2D eigenvalue weighted by atomic mass is 9.86. The van der Waals surface area contributed by atoms with Gasteiger partial charge >= 0.3 is 0 Å². The third-order valence-corrected chi connectivity index (χ3v) is 15.4. The van der Waals surface area contributed by atoms with Gasteiger partial charge in [-0.2, -0.15) is 4.98 Å². The lowest BCUT2D eigenvalue weighted by molar-refractivity contribution is -0.136. The predicted molar refractivity (Wildman–Crippen MR) is 258 cm³/mol. The van der Waals surface area contributed by atoms with Crippen LogP contribution in [0.5, 0.6) is 5.75 Å². The molecule has 0 aliphatic carbocycles. The smallest absolute Gasteiger partial charge is 0.263 e. The Bertz CT molecular complexity index is 2590. The third kappa shape index (κ3) is 12.0. The molecule has 1 unspecified atom stereocenters. The maximum absolute atomic E-state index is 13.3. The van der Waals surface area contributed by atoms with Crippen LogP contribution < -0.4 is 20.7 Å². The van der Waals surface area contributed by atoms with Crippen LogP contribution >= 0.6 is 23.4 Å². The van der Waals surface area contributed by atoms with E-state index in [1.807, 2.05) is 13.8 Å². The highest BCUT2D eigenvalue weighted by Gasteiger charge is 2.45. The zero-order chi connectivity index (χ0) is 47.8. The molecule has 19 heteroatoms. The van der Waals surface area contributed by atoms with Gasteiger partial charge in [0.15, 0.2) is 15.7 Å². The molecule has 3 N–H and O–H groups in total. The number of aromatic nitrogens is 2. The third-order valence-electron chi connectivity index (χ3n) is 11.9. The molecule has 2 fully saturated rings. The fraction of sp³-hybridized carbons (Fsp3) is 0.458. The van der Waals surface area contributed by atoms with Crippen molar-refractivity contribution >= 4 is 80.0 Å². The molecular formula is C48H58ClN7O9S2. The van der Waals surface area contributed by atoms with Gasteiger partial charge in [0.05, 0.1) is 64.8 Å². The first-order valence-corrected chi connectivity index (χ1v) is 25.6. The van der Waals surface area contributed by atoms with Crippen molar-refractivity contribution in [3.63, 3.8) is 0 Å². The summed E-state index contributed by atoms with van der Waals surface area (Å²) in [6.07, 6.45) is 4.50. The Kier molecular flexibility index (Phi) is 16.6. The number of para-hydroxylation sites is 1. The Labute approximate surface area is 401 Å². The van der Waals surface area contributed by atoms with Crippen LogP contribution in [0.3, 0.4) is 0 Å². The SMILES string of the molecule is Cc1cc(Nc2ncc(Cl)c(Nc3ccccc3S(=O)(=O)C(C)C)n2)c(OC(C)C)cc1C1CCN(CCCOCCOCCSc2cccc3c2C(=O)N(C2CCC(=O)NC2=O)C3=O)CC1. The van der Waals surface area contributed by atoms with Crippen LogP contribution in [0, 0.1) is 6.92 Å². The molecule has 0 spiro atoms. The fourth-order valence-corrected chi connectivity index (χ4v) is 10.7. The molecule has 16 nitrogen and oxygen atoms in total. The van der Waals surface area contributed by atoms with Gasteiger partial charge < -0.3 is 29.7 Å². The first-order valence-electron chi connectivity index (χ1n) is 22.7. The van der Waals surface area contributed by atoms with Gasteiger partial charge in [-0.1, -0.05) is 29.8 Å². The summed E-state index contributed by atoms with van der Waals surface area (Å²) in [4.78, 5) is 63.8. The number of hydrogen-bond acceptors (Lipinski definition) is 15. The van der Waals surface area contributed by atoms with Crippen molar-refractivity contribution in [2.45, 2.75) is 99.8 Å². The average molecular weight is 977 g/mol. The summed E-state index contributed by atoms with van der Waals surface area (Å²) in [5.74, 6) is 0.0757. The number of piperidine rings is 2. The molecule has 2 saturated heterocycles. The maximum Gasteiger partial charge on any atom is 0.263 e. The van der Waals surface area contributed by atoms with Gasteiger partial charge in [0.2, 0.25) is 17.8 Å². The van der Waals surface area contributed by atoms with Gasteiger partial charge in [-0.25, -0.2) is 13.4 Å². The van der Waals surface area contributed by atoms with Crippen LogP contribution in [-0.4, -0.2) is 121 Å². The molecule has 4 amide bonds. The molecule has 3 aliphatic heterocycles. The van der Waals surface area contributed by atoms with E-state index in [0.717, 1.165) is 49.4 Å². The first-order chi connectivity index (χ1) is 32.1. The number of likely N-dealkylation sites (tertiary alicyclic amines) is 1. The Morgan fingerprint density at radius 2 is 1.64 bits per heavy atom. The largest absolute Gasteiger partial charge is 0.489 e. The monoisotopic (exact) mass is 975 g/mol. The van der Waals surface area contributed by atoms with Crippen molar-refractivity contribution in [2.75, 3.05) is 62.4 Å². The van der Waals surface area contributed by atoms with Crippen molar-refractivity contribution in [1.29, 1.82) is 0 Å². The highest BCUT2D eigenvalue weighted by molar-refractivity contribution is 7.99. The van der Waals surface area contributed by atoms with Gasteiger partial charge in [0.1, 0.15) is 16.8 Å². The molecule has 3 aliphatic rings. The highest BCUT2D eigenvalue weighted by Crippen LogP contribution is 2.39. The molecule has 0 radical (unpaired) electrons. The number of carbonyl (C=O) groups excluding carboxylic acids is 4. The minimum Gasteiger partial charge on any atom is -0.489 e. The number of ether oxygens (including phenoxy) is 3. The van der Waals surface area contributed by atoms with Crippen molar-refractivity contribution in [1.82, 2.24) is 25.1 Å².